The van der Waals surface area contributed by atoms with Crippen molar-refractivity contribution in [1.82, 2.24) is 9.55 Å². The van der Waals surface area contributed by atoms with Crippen LogP contribution in [0.3, 0.4) is 0 Å². The fraction of sp³-hybridized carbons (Fsp3) is 0.360. The highest BCUT2D eigenvalue weighted by Crippen LogP contribution is 2.43. The summed E-state index contributed by atoms with van der Waals surface area (Å²) in [5.74, 6) is 0. The number of H-pyrrole nitrogens is 1. The highest BCUT2D eigenvalue weighted by molar-refractivity contribution is 7.87. The minimum absolute atomic E-state index is 0.0245. The monoisotopic (exact) mass is 611 g/mol. The van der Waals surface area contributed by atoms with Crippen LogP contribution in [0.1, 0.15) is 17.4 Å². The Labute approximate surface area is 236 Å². The Morgan fingerprint density at radius 3 is 2.21 bits per heavy atom. The first-order chi connectivity index (χ1) is 20.0. The second-order valence-corrected chi connectivity index (χ2v) is 10.7. The lowest BCUT2D eigenvalue weighted by atomic mass is 9.95. The topological polar surface area (TPSA) is 175 Å². The van der Waals surface area contributed by atoms with E-state index in [0.29, 0.717) is 15.7 Å². The number of hydrogen-bond acceptors (Lipinski definition) is 9. The van der Waals surface area contributed by atoms with Gasteiger partial charge in [-0.1, -0.05) is 65.8 Å². The highest BCUT2D eigenvalue weighted by Gasteiger charge is 2.61. The van der Waals surface area contributed by atoms with Crippen LogP contribution in [0.15, 0.2) is 87.6 Å². The summed E-state index contributed by atoms with van der Waals surface area (Å²) in [7, 11) is -6.28. The molecule has 17 heteroatoms. The fourth-order valence-electron chi connectivity index (χ4n) is 4.33. The van der Waals surface area contributed by atoms with E-state index in [4.69, 9.17) is 19.7 Å². The highest BCUT2D eigenvalue weighted by atomic mass is 32.2. The molecule has 0 spiro atoms. The van der Waals surface area contributed by atoms with Gasteiger partial charge in [0, 0.05) is 17.2 Å². The lowest BCUT2D eigenvalue weighted by molar-refractivity contribution is -0.151. The van der Waals surface area contributed by atoms with E-state index in [0.717, 1.165) is 12.3 Å². The van der Waals surface area contributed by atoms with Crippen LogP contribution in [-0.2, 0) is 41.7 Å². The normalized spacial score (nSPS) is 22.5. The summed E-state index contributed by atoms with van der Waals surface area (Å²) < 4.78 is 88.2. The van der Waals surface area contributed by atoms with Crippen molar-refractivity contribution in [3.63, 3.8) is 0 Å². The number of hydrogen-bond donors (Lipinski definition) is 1. The molecule has 3 aromatic rings. The number of benzene rings is 2. The molecule has 1 aliphatic rings. The Kier molecular flexibility index (Phi) is 9.50. The molecule has 2 heterocycles. The van der Waals surface area contributed by atoms with Crippen molar-refractivity contribution < 1.29 is 40.0 Å². The number of alkyl halides is 3. The van der Waals surface area contributed by atoms with Gasteiger partial charge >= 0.3 is 21.3 Å². The second-order valence-electron chi connectivity index (χ2n) is 9.14. The molecule has 4 atom stereocenters. The fourth-order valence-corrected chi connectivity index (χ4v) is 4.93. The first-order valence-corrected chi connectivity index (χ1v) is 13.6. The molecule has 0 unspecified atom stereocenters. The average Bonchev–Trinajstić information content (AvgIpc) is 3.23. The molecular formula is C25H24F3N5O8S. The number of azide groups is 1. The molecule has 0 amide bonds. The molecule has 224 valence electrons. The third kappa shape index (κ3) is 7.07. The molecule has 1 N–H and O–H groups in total. The zero-order chi connectivity index (χ0) is 30.4. The van der Waals surface area contributed by atoms with E-state index in [2.05, 4.69) is 14.2 Å². The lowest BCUT2D eigenvalue weighted by Gasteiger charge is -2.33. The second kappa shape index (κ2) is 12.9. The molecule has 1 saturated heterocycles. The summed E-state index contributed by atoms with van der Waals surface area (Å²) in [6.45, 7) is -1.42. The summed E-state index contributed by atoms with van der Waals surface area (Å²) >= 11 is 0. The summed E-state index contributed by atoms with van der Waals surface area (Å²) in [6.07, 6.45) is -4.91. The van der Waals surface area contributed by atoms with Crippen molar-refractivity contribution in [3.8, 4) is 0 Å². The van der Waals surface area contributed by atoms with E-state index in [1.54, 1.807) is 60.7 Å². The number of ether oxygens (including phenoxy) is 3. The Bertz CT molecular complexity index is 1630. The quantitative estimate of drug-likeness (QED) is 0.107. The van der Waals surface area contributed by atoms with E-state index in [-0.39, 0.29) is 13.2 Å². The van der Waals surface area contributed by atoms with Gasteiger partial charge < -0.3 is 14.2 Å². The first kappa shape index (κ1) is 31.0. The van der Waals surface area contributed by atoms with Crippen LogP contribution >= 0.6 is 0 Å². The number of aromatic amines is 1. The van der Waals surface area contributed by atoms with Gasteiger partial charge in [0.15, 0.2) is 12.3 Å². The maximum absolute atomic E-state index is 13.5. The Morgan fingerprint density at radius 1 is 1.02 bits per heavy atom. The van der Waals surface area contributed by atoms with Gasteiger partial charge in [0.2, 0.25) is 0 Å². The van der Waals surface area contributed by atoms with Gasteiger partial charge in [0.1, 0.15) is 11.7 Å². The minimum Gasteiger partial charge on any atom is -0.374 e. The van der Waals surface area contributed by atoms with Crippen LogP contribution in [0.4, 0.5) is 13.2 Å². The van der Waals surface area contributed by atoms with Gasteiger partial charge in [-0.25, -0.2) is 4.79 Å². The molecule has 13 nitrogen and oxygen atoms in total. The number of nitrogens with zero attached hydrogens (tertiary/aromatic N) is 4. The van der Waals surface area contributed by atoms with Gasteiger partial charge in [-0.15, -0.1) is 0 Å². The van der Waals surface area contributed by atoms with E-state index in [9.17, 15) is 31.2 Å². The van der Waals surface area contributed by atoms with E-state index in [1.165, 1.54) is 0 Å². The number of rotatable bonds is 12. The Morgan fingerprint density at radius 2 is 1.64 bits per heavy atom. The Hall–Kier alpha value is -3.99. The van der Waals surface area contributed by atoms with Crippen molar-refractivity contribution in [2.75, 3.05) is 13.2 Å². The summed E-state index contributed by atoms with van der Waals surface area (Å²) in [6, 6.07) is 18.0. The number of nitrogens with one attached hydrogen (secondary N) is 1. The van der Waals surface area contributed by atoms with Gasteiger partial charge in [-0.05, 0) is 16.7 Å². The van der Waals surface area contributed by atoms with Crippen LogP contribution in [0.5, 0.6) is 0 Å². The molecule has 1 fully saturated rings. The van der Waals surface area contributed by atoms with Gasteiger partial charge in [-0.3, -0.25) is 18.5 Å². The maximum Gasteiger partial charge on any atom is 0.523 e. The standard InChI is InChI=1S/C25H24F3N5O8S/c26-25(27,28)42(36,37)41-20-21(39-14-18-9-5-2-6-10-18)24(15-30-32-29,16-38-13-17-7-3-1-4-8-17)40-22(20)33-12-11-19(34)31-23(33)35/h1-12,20-22H,13-16H2,(H,31,34,35)/t20-,21-,22+,24+/m0/s1. The molecule has 1 aliphatic heterocycles. The van der Waals surface area contributed by atoms with E-state index in [1.807, 2.05) is 4.98 Å². The lowest BCUT2D eigenvalue weighted by Crippen LogP contribution is -2.52. The van der Waals surface area contributed by atoms with Crippen molar-refractivity contribution in [3.05, 3.63) is 115 Å². The van der Waals surface area contributed by atoms with E-state index < -0.39 is 64.1 Å². The molecule has 0 aliphatic carbocycles. The van der Waals surface area contributed by atoms with Crippen LogP contribution in [0.25, 0.3) is 10.4 Å². The largest absolute Gasteiger partial charge is 0.523 e. The van der Waals surface area contributed by atoms with Gasteiger partial charge in [-0.2, -0.15) is 21.6 Å². The average molecular weight is 612 g/mol. The Balaban J connectivity index is 1.82. The summed E-state index contributed by atoms with van der Waals surface area (Å²) in [5, 5.41) is 3.52. The summed E-state index contributed by atoms with van der Waals surface area (Å²) in [4.78, 5) is 29.0. The third-order valence-corrected chi connectivity index (χ3v) is 7.27. The maximum atomic E-state index is 13.5. The van der Waals surface area contributed by atoms with Crippen LogP contribution < -0.4 is 11.2 Å². The van der Waals surface area contributed by atoms with Crippen molar-refractivity contribution in [2.45, 2.75) is 42.8 Å². The molecule has 42 heavy (non-hydrogen) atoms. The van der Waals surface area contributed by atoms with Crippen molar-refractivity contribution in [1.29, 1.82) is 0 Å². The first-order valence-electron chi connectivity index (χ1n) is 12.2. The molecule has 0 bridgehead atoms. The zero-order valence-electron chi connectivity index (χ0n) is 21.6. The molecule has 4 rings (SSSR count). The predicted molar refractivity (Wildman–Crippen MR) is 139 cm³/mol. The predicted octanol–water partition coefficient (Wildman–Crippen LogP) is 3.15. The van der Waals surface area contributed by atoms with Gasteiger partial charge in [0.05, 0.1) is 26.4 Å². The van der Waals surface area contributed by atoms with Crippen molar-refractivity contribution >= 4 is 10.1 Å². The number of aromatic nitrogens is 2. The SMILES string of the molecule is [N-]=[N+]=NC[C@]1(COCc2ccccc2)O[C@@H](n2ccc(=O)[nH]c2=O)[C@@H](OS(=O)(=O)C(F)(F)F)[C@@H]1OCc1ccccc1. The van der Waals surface area contributed by atoms with E-state index >= 15 is 0 Å². The third-order valence-electron chi connectivity index (χ3n) is 6.23. The molecule has 0 saturated carbocycles. The van der Waals surface area contributed by atoms with Crippen molar-refractivity contribution in [2.24, 2.45) is 5.11 Å². The minimum atomic E-state index is -6.28. The molecular weight excluding hydrogens is 587 g/mol. The molecule has 1 aromatic heterocycles. The van der Waals surface area contributed by atoms with Crippen LogP contribution in [0, 0.1) is 0 Å². The van der Waals surface area contributed by atoms with Crippen LogP contribution in [0.2, 0.25) is 0 Å². The smallest absolute Gasteiger partial charge is 0.374 e. The molecule has 2 aromatic carbocycles. The van der Waals surface area contributed by atoms with Crippen LogP contribution in [-0.4, -0.2) is 54.4 Å². The van der Waals surface area contributed by atoms with Gasteiger partial charge in [0.25, 0.3) is 5.56 Å². The summed E-state index contributed by atoms with van der Waals surface area (Å²) in [5.41, 5.74) is 0.558. The zero-order valence-corrected chi connectivity index (χ0v) is 22.4. The molecule has 0 radical (unpaired) electrons. The number of halogens is 3.